The summed E-state index contributed by atoms with van der Waals surface area (Å²) in [6.45, 7) is 14.2. The van der Waals surface area contributed by atoms with Gasteiger partial charge >= 0.3 is 0 Å². The van der Waals surface area contributed by atoms with Gasteiger partial charge in [-0.1, -0.05) is 185 Å². The first kappa shape index (κ1) is 39.4. The van der Waals surface area contributed by atoms with Crippen molar-refractivity contribution in [1.29, 1.82) is 0 Å². The Hall–Kier alpha value is -7.80. The lowest BCUT2D eigenvalue weighted by Gasteiger charge is -2.23. The van der Waals surface area contributed by atoms with Crippen molar-refractivity contribution in [3.05, 3.63) is 228 Å². The highest BCUT2D eigenvalue weighted by molar-refractivity contribution is 6.27. The zero-order valence-corrected chi connectivity index (χ0v) is 39.5. The highest BCUT2D eigenvalue weighted by atomic mass is 14.4. The van der Waals surface area contributed by atoms with Gasteiger partial charge in [0.05, 0.1) is 0 Å². The molecular weight excluding hydrogens is 817 g/mol. The highest BCUT2D eigenvalue weighted by Gasteiger charge is 2.38. The molecule has 0 aliphatic heterocycles. The van der Waals surface area contributed by atoms with Gasteiger partial charge < -0.3 is 0 Å². The summed E-state index contributed by atoms with van der Waals surface area (Å²) in [6.07, 6.45) is 0. The van der Waals surface area contributed by atoms with Crippen LogP contribution in [0.25, 0.3) is 120 Å². The SMILES string of the molecule is Cc1cc(-c2ccc3c(c2)C(C)(C)c2cc4c5ccccc5c5ccccc5c4cc2-3)ccc1-c1ccc(-c2ccc3c(c2)C(C)(C)c2cc4c5ccccc5c5ccccc5c4cc2-3)cc1C. The second kappa shape index (κ2) is 13.9. The summed E-state index contributed by atoms with van der Waals surface area (Å²) < 4.78 is 0. The predicted molar refractivity (Wildman–Crippen MR) is 292 cm³/mol. The minimum Gasteiger partial charge on any atom is -0.0616 e. The lowest BCUT2D eigenvalue weighted by atomic mass is 9.80. The molecule has 0 aromatic heterocycles. The summed E-state index contributed by atoms with van der Waals surface area (Å²) >= 11 is 0. The number of benzene rings is 12. The number of hydrogen-bond acceptors (Lipinski definition) is 0. The Balaban J connectivity index is 0.792. The monoisotopic (exact) mass is 866 g/mol. The molecule has 2 aliphatic carbocycles. The van der Waals surface area contributed by atoms with Crippen molar-refractivity contribution >= 4 is 64.6 Å². The van der Waals surface area contributed by atoms with E-state index in [9.17, 15) is 0 Å². The Morgan fingerprint density at radius 3 is 0.779 bits per heavy atom. The van der Waals surface area contributed by atoms with Crippen molar-refractivity contribution in [3.8, 4) is 55.6 Å². The van der Waals surface area contributed by atoms with Crippen molar-refractivity contribution in [2.75, 3.05) is 0 Å². The third-order valence-electron chi connectivity index (χ3n) is 16.5. The molecule has 0 saturated heterocycles. The fraction of sp³-hybridized carbons (Fsp3) is 0.118. The van der Waals surface area contributed by atoms with Crippen LogP contribution in [0.5, 0.6) is 0 Å². The molecule has 0 unspecified atom stereocenters. The molecular formula is C68H50. The molecule has 0 heteroatoms. The van der Waals surface area contributed by atoms with Crippen LogP contribution in [0.2, 0.25) is 0 Å². The Bertz CT molecular complexity index is 3940. The summed E-state index contributed by atoms with van der Waals surface area (Å²) in [5.41, 5.74) is 21.0. The van der Waals surface area contributed by atoms with E-state index in [1.54, 1.807) is 0 Å². The lowest BCUT2D eigenvalue weighted by molar-refractivity contribution is 0.661. The van der Waals surface area contributed by atoms with Gasteiger partial charge in [-0.15, -0.1) is 0 Å². The molecule has 0 bridgehead atoms. The molecule has 14 rings (SSSR count). The maximum absolute atomic E-state index is 2.50. The zero-order chi connectivity index (χ0) is 45.8. The van der Waals surface area contributed by atoms with Crippen molar-refractivity contribution in [2.24, 2.45) is 0 Å². The second-order valence-electron chi connectivity index (χ2n) is 20.9. The van der Waals surface area contributed by atoms with Crippen LogP contribution in [-0.4, -0.2) is 0 Å². The molecule has 0 amide bonds. The molecule has 0 atom stereocenters. The van der Waals surface area contributed by atoms with Crippen molar-refractivity contribution in [3.63, 3.8) is 0 Å². The molecule has 12 aromatic rings. The first-order valence-electron chi connectivity index (χ1n) is 24.3. The number of fused-ring (bicyclic) bond motifs is 18. The fourth-order valence-electron chi connectivity index (χ4n) is 12.9. The summed E-state index contributed by atoms with van der Waals surface area (Å²) in [5, 5.41) is 15.9. The average Bonchev–Trinajstić information content (AvgIpc) is 3.73. The van der Waals surface area contributed by atoms with Crippen LogP contribution in [0, 0.1) is 13.8 Å². The van der Waals surface area contributed by atoms with Gasteiger partial charge in [0.25, 0.3) is 0 Å². The van der Waals surface area contributed by atoms with Crippen LogP contribution >= 0.6 is 0 Å². The van der Waals surface area contributed by atoms with Gasteiger partial charge in [-0.3, -0.25) is 0 Å². The van der Waals surface area contributed by atoms with Gasteiger partial charge in [0.1, 0.15) is 0 Å². The highest BCUT2D eigenvalue weighted by Crippen LogP contribution is 2.54. The number of rotatable bonds is 3. The fourth-order valence-corrected chi connectivity index (χ4v) is 12.9. The van der Waals surface area contributed by atoms with E-state index in [4.69, 9.17) is 0 Å². The van der Waals surface area contributed by atoms with Gasteiger partial charge in [0, 0.05) is 10.8 Å². The largest absolute Gasteiger partial charge is 0.0616 e. The lowest BCUT2D eigenvalue weighted by Crippen LogP contribution is -2.15. The molecule has 0 saturated carbocycles. The topological polar surface area (TPSA) is 0 Å². The molecule has 0 spiro atoms. The Morgan fingerprint density at radius 1 is 0.221 bits per heavy atom. The van der Waals surface area contributed by atoms with Gasteiger partial charge in [-0.25, -0.2) is 0 Å². The normalized spacial score (nSPS) is 14.3. The molecule has 12 aromatic carbocycles. The summed E-state index contributed by atoms with van der Waals surface area (Å²) in [5.74, 6) is 0. The van der Waals surface area contributed by atoms with Crippen molar-refractivity contribution < 1.29 is 0 Å². The van der Waals surface area contributed by atoms with Gasteiger partial charge in [0.2, 0.25) is 0 Å². The van der Waals surface area contributed by atoms with E-state index in [0.29, 0.717) is 0 Å². The minimum atomic E-state index is -0.132. The van der Waals surface area contributed by atoms with Crippen molar-refractivity contribution in [1.82, 2.24) is 0 Å². The quantitative estimate of drug-likeness (QED) is 0.155. The van der Waals surface area contributed by atoms with Crippen LogP contribution in [0.3, 0.4) is 0 Å². The first-order chi connectivity index (χ1) is 33.0. The van der Waals surface area contributed by atoms with E-state index in [1.807, 2.05) is 0 Å². The standard InChI is InChI=1S/C68H50/c1-39-31-41(43-25-29-55-61-35-57-51-19-11-7-15-47(51)49-17-9-13-21-53(49)59(57)37-65(61)67(3,4)63(55)33-43)23-27-45(39)46-28-24-42(32-40(46)2)44-26-30-56-62-36-58-52-20-12-8-16-48(52)50-18-10-14-22-54(50)60(58)38-66(62)68(5,6)64(56)34-44/h7-38H,1-6H3. The van der Waals surface area contributed by atoms with Crippen LogP contribution in [0.4, 0.5) is 0 Å². The third kappa shape index (κ3) is 5.38. The summed E-state index contributed by atoms with van der Waals surface area (Å²) in [7, 11) is 0. The number of aryl methyl sites for hydroxylation is 2. The first-order valence-corrected chi connectivity index (χ1v) is 24.3. The van der Waals surface area contributed by atoms with Gasteiger partial charge in [-0.05, 0) is 204 Å². The smallest absolute Gasteiger partial charge is 0.0159 e. The van der Waals surface area contributed by atoms with E-state index in [0.717, 1.165) is 0 Å². The van der Waals surface area contributed by atoms with E-state index >= 15 is 0 Å². The Labute approximate surface area is 398 Å². The maximum Gasteiger partial charge on any atom is 0.0159 e. The van der Waals surface area contributed by atoms with Crippen LogP contribution in [0.1, 0.15) is 61.1 Å². The van der Waals surface area contributed by atoms with Crippen LogP contribution in [-0.2, 0) is 10.8 Å². The summed E-state index contributed by atoms with van der Waals surface area (Å²) in [4.78, 5) is 0. The molecule has 0 heterocycles. The van der Waals surface area contributed by atoms with Gasteiger partial charge in [-0.2, -0.15) is 0 Å². The summed E-state index contributed by atoms with van der Waals surface area (Å²) in [6, 6.07) is 74.1. The zero-order valence-electron chi connectivity index (χ0n) is 39.5. The van der Waals surface area contributed by atoms with E-state index in [-0.39, 0.29) is 10.8 Å². The molecule has 0 N–H and O–H groups in total. The van der Waals surface area contributed by atoms with Crippen LogP contribution in [0.15, 0.2) is 194 Å². The molecule has 2 aliphatic rings. The Kier molecular flexibility index (Phi) is 8.04. The molecule has 68 heavy (non-hydrogen) atoms. The number of hydrogen-bond donors (Lipinski definition) is 0. The van der Waals surface area contributed by atoms with Crippen molar-refractivity contribution in [2.45, 2.75) is 52.4 Å². The van der Waals surface area contributed by atoms with Crippen LogP contribution < -0.4 is 0 Å². The molecule has 0 nitrogen and oxygen atoms in total. The van der Waals surface area contributed by atoms with E-state index < -0.39 is 0 Å². The maximum atomic E-state index is 2.50. The third-order valence-corrected chi connectivity index (χ3v) is 16.5. The predicted octanol–water partition coefficient (Wildman–Crippen LogP) is 18.8. The minimum absolute atomic E-state index is 0.132. The Morgan fingerprint density at radius 2 is 0.471 bits per heavy atom. The van der Waals surface area contributed by atoms with Gasteiger partial charge in [0.15, 0.2) is 0 Å². The van der Waals surface area contributed by atoms with E-state index in [2.05, 4.69) is 236 Å². The molecule has 0 radical (unpaired) electrons. The molecule has 322 valence electrons. The van der Waals surface area contributed by atoms with E-state index in [1.165, 1.54) is 154 Å². The molecule has 0 fully saturated rings. The second-order valence-corrected chi connectivity index (χ2v) is 20.9. The average molecular weight is 867 g/mol.